The van der Waals surface area contributed by atoms with Crippen LogP contribution in [0.15, 0.2) is 70.0 Å². The Bertz CT molecular complexity index is 850. The fourth-order valence-corrected chi connectivity index (χ4v) is 2.19. The molecule has 0 N–H and O–H groups in total. The molecule has 0 aliphatic heterocycles. The van der Waals surface area contributed by atoms with Gasteiger partial charge in [-0.1, -0.05) is 42.5 Å². The lowest BCUT2D eigenvalue weighted by atomic mass is 10.1. The van der Waals surface area contributed by atoms with Gasteiger partial charge in [-0.2, -0.15) is 0 Å². The van der Waals surface area contributed by atoms with E-state index >= 15 is 0 Å². The van der Waals surface area contributed by atoms with Crippen molar-refractivity contribution in [1.29, 1.82) is 0 Å². The average molecular weight is 289 g/mol. The van der Waals surface area contributed by atoms with Crippen LogP contribution < -0.4 is 5.63 Å². The summed E-state index contributed by atoms with van der Waals surface area (Å²) in [5.41, 5.74) is 2.84. The summed E-state index contributed by atoms with van der Waals surface area (Å²) in [5.74, 6) is 0.514. The first-order valence-electron chi connectivity index (χ1n) is 7.03. The summed E-state index contributed by atoms with van der Waals surface area (Å²) < 4.78 is 5.32. The van der Waals surface area contributed by atoms with Crippen LogP contribution in [0, 0.1) is 6.92 Å². The van der Waals surface area contributed by atoms with Gasteiger partial charge in [0, 0.05) is 17.3 Å². The second-order valence-corrected chi connectivity index (χ2v) is 4.93. The average Bonchev–Trinajstić information content (AvgIpc) is 2.57. The maximum Gasteiger partial charge on any atom is 0.339 e. The number of benzene rings is 1. The number of nitrogens with zero attached hydrogens (tertiary/aromatic N) is 1. The summed E-state index contributed by atoms with van der Waals surface area (Å²) in [6.45, 7) is 1.75. The Hall–Kier alpha value is -2.94. The first-order valence-corrected chi connectivity index (χ1v) is 7.03. The molecule has 0 atom stereocenters. The van der Waals surface area contributed by atoms with Gasteiger partial charge < -0.3 is 4.42 Å². The minimum Gasteiger partial charge on any atom is -0.423 e. The quantitative estimate of drug-likeness (QED) is 0.726. The van der Waals surface area contributed by atoms with Gasteiger partial charge >= 0.3 is 5.63 Å². The molecule has 1 aromatic carbocycles. The molecule has 0 fully saturated rings. The van der Waals surface area contributed by atoms with Crippen LogP contribution in [0.1, 0.15) is 16.9 Å². The molecule has 0 aliphatic rings. The summed E-state index contributed by atoms with van der Waals surface area (Å²) in [4.78, 5) is 16.3. The van der Waals surface area contributed by atoms with Gasteiger partial charge in [0.15, 0.2) is 0 Å². The van der Waals surface area contributed by atoms with E-state index in [1.165, 1.54) is 0 Å². The van der Waals surface area contributed by atoms with Crippen molar-refractivity contribution >= 4 is 12.2 Å². The molecule has 0 saturated carbocycles. The zero-order chi connectivity index (χ0) is 15.4. The van der Waals surface area contributed by atoms with E-state index in [1.54, 1.807) is 19.2 Å². The maximum atomic E-state index is 12.0. The van der Waals surface area contributed by atoms with Gasteiger partial charge in [-0.3, -0.25) is 4.98 Å². The second-order valence-electron chi connectivity index (χ2n) is 4.93. The normalized spacial score (nSPS) is 11.0. The van der Waals surface area contributed by atoms with Crippen molar-refractivity contribution in [2.75, 3.05) is 0 Å². The van der Waals surface area contributed by atoms with Crippen LogP contribution in [0.4, 0.5) is 0 Å². The molecule has 22 heavy (non-hydrogen) atoms. The van der Waals surface area contributed by atoms with E-state index in [0.29, 0.717) is 11.3 Å². The van der Waals surface area contributed by atoms with Crippen LogP contribution in [0.3, 0.4) is 0 Å². The molecule has 0 unspecified atom stereocenters. The minimum absolute atomic E-state index is 0.337. The molecule has 2 heterocycles. The molecular weight excluding hydrogens is 274 g/mol. The van der Waals surface area contributed by atoms with Gasteiger partial charge in [0.05, 0.1) is 5.69 Å². The van der Waals surface area contributed by atoms with E-state index in [-0.39, 0.29) is 5.63 Å². The monoisotopic (exact) mass is 289 g/mol. The van der Waals surface area contributed by atoms with Crippen molar-refractivity contribution in [2.24, 2.45) is 0 Å². The molecule has 108 valence electrons. The fraction of sp³-hybridized carbons (Fsp3) is 0.0526. The van der Waals surface area contributed by atoms with Crippen LogP contribution in [0.5, 0.6) is 0 Å². The maximum absolute atomic E-state index is 12.0. The number of aromatic nitrogens is 1. The molecule has 0 bridgehead atoms. The summed E-state index contributed by atoms with van der Waals surface area (Å²) in [6.07, 6.45) is 5.42. The lowest BCUT2D eigenvalue weighted by Gasteiger charge is -2.04. The Morgan fingerprint density at radius 3 is 2.50 bits per heavy atom. The Morgan fingerprint density at radius 2 is 1.77 bits per heavy atom. The molecule has 0 amide bonds. The summed E-state index contributed by atoms with van der Waals surface area (Å²) in [6, 6.07) is 17.3. The molecular formula is C19H15NO2. The Balaban J connectivity index is 2.02. The van der Waals surface area contributed by atoms with Gasteiger partial charge in [0.1, 0.15) is 5.76 Å². The Labute approximate surface area is 128 Å². The number of hydrogen-bond donors (Lipinski definition) is 0. The first kappa shape index (κ1) is 14.0. The molecule has 0 radical (unpaired) electrons. The van der Waals surface area contributed by atoms with Crippen LogP contribution in [0.2, 0.25) is 0 Å². The van der Waals surface area contributed by atoms with E-state index in [0.717, 1.165) is 16.8 Å². The van der Waals surface area contributed by atoms with E-state index in [9.17, 15) is 4.79 Å². The van der Waals surface area contributed by atoms with E-state index < -0.39 is 0 Å². The van der Waals surface area contributed by atoms with Crippen molar-refractivity contribution in [3.05, 3.63) is 88.1 Å². The third kappa shape index (κ3) is 3.04. The van der Waals surface area contributed by atoms with Gasteiger partial charge in [-0.05, 0) is 36.8 Å². The highest BCUT2D eigenvalue weighted by molar-refractivity contribution is 5.71. The zero-order valence-electron chi connectivity index (χ0n) is 12.2. The third-order valence-electron chi connectivity index (χ3n) is 3.39. The number of pyridine rings is 1. The summed E-state index contributed by atoms with van der Waals surface area (Å²) >= 11 is 0. The highest BCUT2D eigenvalue weighted by Gasteiger charge is 2.09. The Morgan fingerprint density at radius 1 is 1.00 bits per heavy atom. The predicted molar refractivity (Wildman–Crippen MR) is 88.3 cm³/mol. The number of hydrogen-bond acceptors (Lipinski definition) is 3. The Kier molecular flexibility index (Phi) is 3.97. The molecule has 3 aromatic rings. The standard InChI is InChI=1S/C19H15NO2/c1-14-17(18-9-5-6-12-20-18)13-16(22-19(14)21)11-10-15-7-3-2-4-8-15/h2-13H,1H3. The number of rotatable bonds is 3. The zero-order valence-corrected chi connectivity index (χ0v) is 12.2. The highest BCUT2D eigenvalue weighted by Crippen LogP contribution is 2.21. The molecule has 0 spiro atoms. The molecule has 3 rings (SSSR count). The first-order chi connectivity index (χ1) is 10.7. The van der Waals surface area contributed by atoms with Gasteiger partial charge in [-0.25, -0.2) is 4.79 Å². The topological polar surface area (TPSA) is 43.1 Å². The van der Waals surface area contributed by atoms with Gasteiger partial charge in [-0.15, -0.1) is 0 Å². The molecule has 0 saturated heterocycles. The lowest BCUT2D eigenvalue weighted by molar-refractivity contribution is 0.497. The minimum atomic E-state index is -0.337. The van der Waals surface area contributed by atoms with E-state index in [2.05, 4.69) is 4.98 Å². The third-order valence-corrected chi connectivity index (χ3v) is 3.39. The molecule has 0 aliphatic carbocycles. The molecule has 3 nitrogen and oxygen atoms in total. The smallest absolute Gasteiger partial charge is 0.339 e. The van der Waals surface area contributed by atoms with Crippen LogP contribution >= 0.6 is 0 Å². The molecule has 2 aromatic heterocycles. The fourth-order valence-electron chi connectivity index (χ4n) is 2.19. The van der Waals surface area contributed by atoms with Crippen molar-refractivity contribution in [2.45, 2.75) is 6.92 Å². The molecule has 3 heteroatoms. The van der Waals surface area contributed by atoms with Gasteiger partial charge in [0.2, 0.25) is 0 Å². The summed E-state index contributed by atoms with van der Waals surface area (Å²) in [7, 11) is 0. The van der Waals surface area contributed by atoms with Crippen molar-refractivity contribution in [3.63, 3.8) is 0 Å². The van der Waals surface area contributed by atoms with Crippen molar-refractivity contribution in [3.8, 4) is 11.3 Å². The van der Waals surface area contributed by atoms with Gasteiger partial charge in [0.25, 0.3) is 0 Å². The second kappa shape index (κ2) is 6.22. The van der Waals surface area contributed by atoms with Crippen molar-refractivity contribution < 1.29 is 4.42 Å². The van der Waals surface area contributed by atoms with E-state index in [4.69, 9.17) is 4.42 Å². The van der Waals surface area contributed by atoms with Crippen LogP contribution in [-0.2, 0) is 0 Å². The highest BCUT2D eigenvalue weighted by atomic mass is 16.4. The van der Waals surface area contributed by atoms with Crippen LogP contribution in [-0.4, -0.2) is 4.98 Å². The predicted octanol–water partition coefficient (Wildman–Crippen LogP) is 4.18. The van der Waals surface area contributed by atoms with Crippen molar-refractivity contribution in [1.82, 2.24) is 4.98 Å². The van der Waals surface area contributed by atoms with E-state index in [1.807, 2.05) is 60.7 Å². The van der Waals surface area contributed by atoms with Crippen LogP contribution in [0.25, 0.3) is 23.4 Å². The lowest BCUT2D eigenvalue weighted by Crippen LogP contribution is -2.06. The SMILES string of the molecule is Cc1c(-c2ccccn2)cc(C=Cc2ccccc2)oc1=O. The summed E-state index contributed by atoms with van der Waals surface area (Å²) in [5, 5.41) is 0. The largest absolute Gasteiger partial charge is 0.423 e.